The molecule has 32 heavy (non-hydrogen) atoms. The largest absolute Gasteiger partial charge is 0.433 e. The molecule has 0 saturated carbocycles. The number of fused-ring (bicyclic) bond motifs is 1. The minimum Gasteiger partial charge on any atom is -0.347 e. The molecular weight excluding hydrogens is 441 g/mol. The Labute approximate surface area is 184 Å². The molecule has 4 rings (SSSR count). The maximum atomic E-state index is 12.8. The molecule has 4 heterocycles. The first-order valence-electron chi connectivity index (χ1n) is 9.54. The second-order valence-electron chi connectivity index (χ2n) is 6.88. The first-order chi connectivity index (χ1) is 15.3. The fourth-order valence-corrected chi connectivity index (χ4v) is 3.76. The molecule has 11 heteroatoms. The van der Waals surface area contributed by atoms with Crippen LogP contribution in [0.3, 0.4) is 0 Å². The molecule has 0 aliphatic heterocycles. The molecule has 0 radical (unpaired) electrons. The van der Waals surface area contributed by atoms with Crippen molar-refractivity contribution in [1.29, 1.82) is 0 Å². The van der Waals surface area contributed by atoms with Gasteiger partial charge in [-0.05, 0) is 42.1 Å². The summed E-state index contributed by atoms with van der Waals surface area (Å²) >= 11 is 1.33. The summed E-state index contributed by atoms with van der Waals surface area (Å²) in [6.07, 6.45) is -1.74. The molecule has 0 unspecified atom stereocenters. The van der Waals surface area contributed by atoms with Gasteiger partial charge in [0.2, 0.25) is 5.95 Å². The molecule has 0 aromatic carbocycles. The Hall–Kier alpha value is -3.60. The van der Waals surface area contributed by atoms with Gasteiger partial charge < -0.3 is 10.6 Å². The van der Waals surface area contributed by atoms with Crippen molar-refractivity contribution < 1.29 is 18.0 Å². The lowest BCUT2D eigenvalue weighted by Crippen LogP contribution is -2.25. The van der Waals surface area contributed by atoms with E-state index >= 15 is 0 Å². The second kappa shape index (κ2) is 8.87. The third kappa shape index (κ3) is 4.83. The van der Waals surface area contributed by atoms with E-state index in [0.29, 0.717) is 15.8 Å². The molecule has 1 amide bonds. The van der Waals surface area contributed by atoms with Gasteiger partial charge in [-0.1, -0.05) is 12.1 Å². The lowest BCUT2D eigenvalue weighted by molar-refractivity contribution is -0.141. The van der Waals surface area contributed by atoms with E-state index in [1.807, 2.05) is 30.5 Å². The molecular formula is C21H17F3N6OS. The monoisotopic (exact) mass is 458 g/mol. The predicted molar refractivity (Wildman–Crippen MR) is 114 cm³/mol. The summed E-state index contributed by atoms with van der Waals surface area (Å²) < 4.78 is 38.6. The van der Waals surface area contributed by atoms with Crippen molar-refractivity contribution >= 4 is 33.4 Å². The Morgan fingerprint density at radius 2 is 1.97 bits per heavy atom. The van der Waals surface area contributed by atoms with Crippen molar-refractivity contribution in [3.8, 4) is 0 Å². The first kappa shape index (κ1) is 21.6. The Bertz CT molecular complexity index is 1230. The van der Waals surface area contributed by atoms with Crippen LogP contribution in [0.4, 0.5) is 19.1 Å². The Morgan fingerprint density at radius 3 is 2.66 bits per heavy atom. The molecule has 2 N–H and O–H groups in total. The van der Waals surface area contributed by atoms with E-state index in [4.69, 9.17) is 0 Å². The molecule has 1 atom stereocenters. The highest BCUT2D eigenvalue weighted by Gasteiger charge is 2.32. The summed E-state index contributed by atoms with van der Waals surface area (Å²) in [5.41, 5.74) is 1.04. The van der Waals surface area contributed by atoms with Gasteiger partial charge in [0.05, 0.1) is 22.0 Å². The van der Waals surface area contributed by atoms with Crippen LogP contribution >= 0.6 is 11.3 Å². The highest BCUT2D eigenvalue weighted by Crippen LogP contribution is 2.27. The zero-order chi connectivity index (χ0) is 22.7. The summed E-state index contributed by atoms with van der Waals surface area (Å²) in [7, 11) is 0. The Balaban J connectivity index is 1.51. The van der Waals surface area contributed by atoms with Crippen molar-refractivity contribution in [2.75, 3.05) is 5.32 Å². The Morgan fingerprint density at radius 1 is 1.12 bits per heavy atom. The molecule has 0 aliphatic carbocycles. The Kier molecular flexibility index (Phi) is 5.99. The number of aromatic nitrogens is 4. The quantitative estimate of drug-likeness (QED) is 0.439. The van der Waals surface area contributed by atoms with Crippen LogP contribution in [0.1, 0.15) is 40.4 Å². The van der Waals surface area contributed by atoms with E-state index in [1.165, 1.54) is 17.4 Å². The highest BCUT2D eigenvalue weighted by atomic mass is 32.1. The number of nitrogens with zero attached hydrogens (tertiary/aromatic N) is 4. The number of hydrogen-bond donors (Lipinski definition) is 2. The van der Waals surface area contributed by atoms with Crippen LogP contribution in [0.5, 0.6) is 0 Å². The number of rotatable bonds is 6. The first-order valence-corrected chi connectivity index (χ1v) is 10.4. The zero-order valence-corrected chi connectivity index (χ0v) is 17.5. The summed E-state index contributed by atoms with van der Waals surface area (Å²) in [6, 6.07) is 9.31. The lowest BCUT2D eigenvalue weighted by Gasteiger charge is -2.14. The van der Waals surface area contributed by atoms with Crippen LogP contribution in [0.25, 0.3) is 10.2 Å². The molecule has 164 valence electrons. The van der Waals surface area contributed by atoms with Gasteiger partial charge in [-0.15, -0.1) is 11.3 Å². The number of hydrogen-bond acceptors (Lipinski definition) is 7. The standard InChI is InChI=1S/C21H17F3N6OS/c1-12(14-4-2-3-8-25-14)28-20-29-15-7-9-32-18(15)17(30-20)19(31)27-11-13-5-6-16(26-10-13)21(22,23)24/h2-10,12H,11H2,1H3,(H,27,31)(H,28,29,30)/t12-/m0/s1. The number of carbonyl (C=O) groups is 1. The van der Waals surface area contributed by atoms with Gasteiger partial charge in [0.1, 0.15) is 5.69 Å². The van der Waals surface area contributed by atoms with Gasteiger partial charge in [-0.25, -0.2) is 9.97 Å². The maximum Gasteiger partial charge on any atom is 0.433 e. The van der Waals surface area contributed by atoms with E-state index in [2.05, 4.69) is 30.6 Å². The van der Waals surface area contributed by atoms with E-state index in [1.54, 1.807) is 12.3 Å². The number of amides is 1. The van der Waals surface area contributed by atoms with Crippen LogP contribution in [0.2, 0.25) is 0 Å². The van der Waals surface area contributed by atoms with Crippen LogP contribution in [-0.4, -0.2) is 25.8 Å². The maximum absolute atomic E-state index is 12.8. The minimum atomic E-state index is -4.51. The number of pyridine rings is 2. The number of alkyl halides is 3. The van der Waals surface area contributed by atoms with Crippen LogP contribution in [0.15, 0.2) is 54.2 Å². The van der Waals surface area contributed by atoms with Crippen molar-refractivity contribution in [2.24, 2.45) is 0 Å². The molecule has 0 fully saturated rings. The van der Waals surface area contributed by atoms with Crippen molar-refractivity contribution in [2.45, 2.75) is 25.7 Å². The summed E-state index contributed by atoms with van der Waals surface area (Å²) in [5, 5.41) is 7.64. The fourth-order valence-electron chi connectivity index (χ4n) is 2.94. The number of anilines is 1. The van der Waals surface area contributed by atoms with Gasteiger partial charge in [0, 0.05) is 18.9 Å². The summed E-state index contributed by atoms with van der Waals surface area (Å²) in [6.45, 7) is 1.91. The number of carbonyl (C=O) groups excluding carboxylic acids is 1. The normalized spacial score (nSPS) is 12.5. The van der Waals surface area contributed by atoms with E-state index in [9.17, 15) is 18.0 Å². The highest BCUT2D eigenvalue weighted by molar-refractivity contribution is 7.17. The van der Waals surface area contributed by atoms with Gasteiger partial charge in [0.25, 0.3) is 5.91 Å². The average Bonchev–Trinajstić information content (AvgIpc) is 3.26. The SMILES string of the molecule is C[C@H](Nc1nc(C(=O)NCc2ccc(C(F)(F)F)nc2)c2sccc2n1)c1ccccn1. The van der Waals surface area contributed by atoms with Crippen LogP contribution < -0.4 is 10.6 Å². The minimum absolute atomic E-state index is 0.00788. The smallest absolute Gasteiger partial charge is 0.347 e. The molecule has 0 aliphatic rings. The number of halogens is 3. The molecule has 4 aromatic rings. The van der Waals surface area contributed by atoms with E-state index in [0.717, 1.165) is 18.0 Å². The van der Waals surface area contributed by atoms with Gasteiger partial charge in [-0.3, -0.25) is 14.8 Å². The van der Waals surface area contributed by atoms with Gasteiger partial charge in [-0.2, -0.15) is 13.2 Å². The number of thiophene rings is 1. The second-order valence-corrected chi connectivity index (χ2v) is 7.80. The lowest BCUT2D eigenvalue weighted by atomic mass is 10.2. The molecule has 0 bridgehead atoms. The predicted octanol–water partition coefficient (Wildman–Crippen LogP) is 4.60. The molecule has 7 nitrogen and oxygen atoms in total. The third-order valence-corrected chi connectivity index (χ3v) is 5.47. The average molecular weight is 458 g/mol. The van der Waals surface area contributed by atoms with Crippen LogP contribution in [-0.2, 0) is 12.7 Å². The number of nitrogens with one attached hydrogen (secondary N) is 2. The van der Waals surface area contributed by atoms with Gasteiger partial charge in [0.15, 0.2) is 5.69 Å². The molecule has 0 spiro atoms. The third-order valence-electron chi connectivity index (χ3n) is 4.56. The van der Waals surface area contributed by atoms with Crippen LogP contribution in [0, 0.1) is 0 Å². The summed E-state index contributed by atoms with van der Waals surface area (Å²) in [5.74, 6) is -0.191. The van der Waals surface area contributed by atoms with Gasteiger partial charge >= 0.3 is 6.18 Å². The molecule has 4 aromatic heterocycles. The van der Waals surface area contributed by atoms with E-state index < -0.39 is 17.8 Å². The zero-order valence-electron chi connectivity index (χ0n) is 16.7. The fraction of sp³-hybridized carbons (Fsp3) is 0.190. The van der Waals surface area contributed by atoms with E-state index in [-0.39, 0.29) is 24.2 Å². The van der Waals surface area contributed by atoms with Crippen molar-refractivity contribution in [3.63, 3.8) is 0 Å². The topological polar surface area (TPSA) is 92.7 Å². The van der Waals surface area contributed by atoms with Crippen molar-refractivity contribution in [3.05, 3.63) is 76.8 Å². The summed E-state index contributed by atoms with van der Waals surface area (Å²) in [4.78, 5) is 29.4. The molecule has 0 saturated heterocycles. The van der Waals surface area contributed by atoms with Crippen molar-refractivity contribution in [1.82, 2.24) is 25.3 Å².